The van der Waals surface area contributed by atoms with E-state index in [0.717, 1.165) is 0 Å². The van der Waals surface area contributed by atoms with Crippen molar-refractivity contribution in [2.75, 3.05) is 6.54 Å². The van der Waals surface area contributed by atoms with E-state index in [-0.39, 0.29) is 12.4 Å². The van der Waals surface area contributed by atoms with Crippen molar-refractivity contribution in [1.82, 2.24) is 0 Å². The highest BCUT2D eigenvalue weighted by Gasteiger charge is 2.20. The van der Waals surface area contributed by atoms with E-state index in [1.807, 2.05) is 0 Å². The Balaban J connectivity index is 2.96. The van der Waals surface area contributed by atoms with Crippen LogP contribution in [0.1, 0.15) is 12.5 Å². The van der Waals surface area contributed by atoms with E-state index in [1.54, 1.807) is 6.92 Å². The summed E-state index contributed by atoms with van der Waals surface area (Å²) in [6, 6.07) is 5.67. The van der Waals surface area contributed by atoms with Crippen LogP contribution in [0.4, 0.5) is 4.39 Å². The average molecular weight is 169 g/mol. The first kappa shape index (κ1) is 9.16. The Morgan fingerprint density at radius 1 is 1.42 bits per heavy atom. The van der Waals surface area contributed by atoms with Crippen LogP contribution in [0.3, 0.4) is 0 Å². The zero-order valence-corrected chi connectivity index (χ0v) is 6.92. The fourth-order valence-electron chi connectivity index (χ4n) is 0.927. The smallest absolute Gasteiger partial charge is 0.123 e. The number of rotatable bonds is 2. The van der Waals surface area contributed by atoms with Gasteiger partial charge in [-0.05, 0) is 24.6 Å². The monoisotopic (exact) mass is 169 g/mol. The first-order chi connectivity index (χ1) is 5.56. The maximum absolute atomic E-state index is 12.5. The molecule has 1 atom stereocenters. The van der Waals surface area contributed by atoms with Gasteiger partial charge in [0.15, 0.2) is 0 Å². The number of aliphatic hydroxyl groups is 1. The second-order valence-electron chi connectivity index (χ2n) is 2.98. The van der Waals surface area contributed by atoms with Crippen molar-refractivity contribution in [2.45, 2.75) is 12.5 Å². The van der Waals surface area contributed by atoms with Crippen LogP contribution in [0, 0.1) is 5.82 Å². The highest BCUT2D eigenvalue weighted by Crippen LogP contribution is 2.18. The lowest BCUT2D eigenvalue weighted by atomic mass is 9.96. The Hall–Kier alpha value is -0.930. The minimum absolute atomic E-state index is 0.124. The quantitative estimate of drug-likeness (QED) is 0.693. The lowest BCUT2D eigenvalue weighted by Gasteiger charge is -2.21. The average Bonchev–Trinajstić information content (AvgIpc) is 2.05. The summed E-state index contributed by atoms with van der Waals surface area (Å²) in [6.07, 6.45) is 0. The van der Waals surface area contributed by atoms with E-state index in [1.165, 1.54) is 24.3 Å². The Kier molecular flexibility index (Phi) is 2.45. The molecule has 0 spiro atoms. The van der Waals surface area contributed by atoms with Gasteiger partial charge in [0.25, 0.3) is 0 Å². The number of benzene rings is 1. The van der Waals surface area contributed by atoms with Crippen molar-refractivity contribution in [3.05, 3.63) is 35.6 Å². The van der Waals surface area contributed by atoms with Gasteiger partial charge in [-0.15, -0.1) is 0 Å². The van der Waals surface area contributed by atoms with Gasteiger partial charge in [0.05, 0.1) is 5.60 Å². The largest absolute Gasteiger partial charge is 0.384 e. The van der Waals surface area contributed by atoms with E-state index in [2.05, 4.69) is 0 Å². The summed E-state index contributed by atoms with van der Waals surface area (Å²) < 4.78 is 12.5. The third-order valence-electron chi connectivity index (χ3n) is 1.86. The zero-order chi connectivity index (χ0) is 9.19. The van der Waals surface area contributed by atoms with Crippen LogP contribution in [0.25, 0.3) is 0 Å². The van der Waals surface area contributed by atoms with E-state index in [9.17, 15) is 9.50 Å². The molecule has 12 heavy (non-hydrogen) atoms. The van der Waals surface area contributed by atoms with Crippen LogP contribution in [-0.2, 0) is 5.60 Å². The minimum Gasteiger partial charge on any atom is -0.384 e. The molecule has 1 aromatic rings. The fourth-order valence-corrected chi connectivity index (χ4v) is 0.927. The molecule has 1 aromatic carbocycles. The molecule has 0 aliphatic carbocycles. The zero-order valence-electron chi connectivity index (χ0n) is 6.92. The Bertz CT molecular complexity index is 256. The summed E-state index contributed by atoms with van der Waals surface area (Å²) in [5.74, 6) is -0.313. The van der Waals surface area contributed by atoms with Crippen molar-refractivity contribution in [3.63, 3.8) is 0 Å². The van der Waals surface area contributed by atoms with Crippen LogP contribution >= 0.6 is 0 Å². The second-order valence-corrected chi connectivity index (χ2v) is 2.98. The summed E-state index contributed by atoms with van der Waals surface area (Å²) in [6.45, 7) is 1.72. The molecule has 2 nitrogen and oxygen atoms in total. The Labute approximate surface area is 70.8 Å². The molecule has 0 unspecified atom stereocenters. The lowest BCUT2D eigenvalue weighted by Crippen LogP contribution is -2.31. The summed E-state index contributed by atoms with van der Waals surface area (Å²) in [7, 11) is 0. The third-order valence-corrected chi connectivity index (χ3v) is 1.86. The number of nitrogens with two attached hydrogens (primary N) is 1. The first-order valence-electron chi connectivity index (χ1n) is 3.75. The second kappa shape index (κ2) is 3.21. The van der Waals surface area contributed by atoms with Crippen LogP contribution in [0.5, 0.6) is 0 Å². The molecule has 0 fully saturated rings. The van der Waals surface area contributed by atoms with E-state index in [4.69, 9.17) is 5.73 Å². The number of hydrogen-bond donors (Lipinski definition) is 2. The van der Waals surface area contributed by atoms with Crippen molar-refractivity contribution in [1.29, 1.82) is 0 Å². The van der Waals surface area contributed by atoms with Crippen molar-refractivity contribution >= 4 is 0 Å². The van der Waals surface area contributed by atoms with Crippen LogP contribution < -0.4 is 5.73 Å². The van der Waals surface area contributed by atoms with Gasteiger partial charge in [-0.1, -0.05) is 12.1 Å². The van der Waals surface area contributed by atoms with Gasteiger partial charge in [0, 0.05) is 6.54 Å². The van der Waals surface area contributed by atoms with E-state index in [0.29, 0.717) is 5.56 Å². The van der Waals surface area contributed by atoms with Crippen molar-refractivity contribution in [3.8, 4) is 0 Å². The highest BCUT2D eigenvalue weighted by atomic mass is 19.1. The number of hydrogen-bond acceptors (Lipinski definition) is 2. The van der Waals surface area contributed by atoms with Gasteiger partial charge in [-0.25, -0.2) is 4.39 Å². The molecule has 0 aliphatic rings. The third kappa shape index (κ3) is 1.81. The molecule has 0 saturated carbocycles. The van der Waals surface area contributed by atoms with Crippen molar-refractivity contribution in [2.24, 2.45) is 5.73 Å². The SMILES string of the molecule is C[C@](O)(CN)c1ccc(F)cc1. The van der Waals surface area contributed by atoms with Gasteiger partial charge in [0.2, 0.25) is 0 Å². The molecule has 3 N–H and O–H groups in total. The van der Waals surface area contributed by atoms with Crippen molar-refractivity contribution < 1.29 is 9.50 Å². The van der Waals surface area contributed by atoms with Gasteiger partial charge in [0.1, 0.15) is 5.82 Å². The lowest BCUT2D eigenvalue weighted by molar-refractivity contribution is 0.0668. The summed E-state index contributed by atoms with van der Waals surface area (Å²) >= 11 is 0. The van der Waals surface area contributed by atoms with Crippen LogP contribution in [0.15, 0.2) is 24.3 Å². The molecule has 0 bridgehead atoms. The normalized spacial score (nSPS) is 15.7. The number of halogens is 1. The van der Waals surface area contributed by atoms with Gasteiger partial charge >= 0.3 is 0 Å². The molecule has 0 aliphatic heterocycles. The Morgan fingerprint density at radius 2 is 1.92 bits per heavy atom. The predicted octanol–water partition coefficient (Wildman–Crippen LogP) is 0.992. The highest BCUT2D eigenvalue weighted by molar-refractivity contribution is 5.22. The molecule has 3 heteroatoms. The molecule has 0 amide bonds. The first-order valence-corrected chi connectivity index (χ1v) is 3.75. The maximum atomic E-state index is 12.5. The molecular weight excluding hydrogens is 157 g/mol. The molecule has 1 rings (SSSR count). The van der Waals surface area contributed by atoms with Crippen LogP contribution in [-0.4, -0.2) is 11.7 Å². The maximum Gasteiger partial charge on any atom is 0.123 e. The van der Waals surface area contributed by atoms with E-state index < -0.39 is 5.60 Å². The Morgan fingerprint density at radius 3 is 2.33 bits per heavy atom. The molecule has 0 aromatic heterocycles. The standard InChI is InChI=1S/C9H12FNO/c1-9(12,6-11)7-2-4-8(10)5-3-7/h2-5,12H,6,11H2,1H3/t9-/m0/s1. The fraction of sp³-hybridized carbons (Fsp3) is 0.333. The topological polar surface area (TPSA) is 46.2 Å². The molecule has 0 heterocycles. The molecule has 0 saturated heterocycles. The van der Waals surface area contributed by atoms with Gasteiger partial charge in [-0.3, -0.25) is 0 Å². The summed E-state index contributed by atoms with van der Waals surface area (Å²) in [5, 5.41) is 9.64. The summed E-state index contributed by atoms with van der Waals surface area (Å²) in [4.78, 5) is 0. The predicted molar refractivity (Wildman–Crippen MR) is 45.0 cm³/mol. The molecular formula is C9H12FNO. The van der Waals surface area contributed by atoms with Gasteiger partial charge < -0.3 is 10.8 Å². The van der Waals surface area contributed by atoms with Crippen LogP contribution in [0.2, 0.25) is 0 Å². The van der Waals surface area contributed by atoms with Gasteiger partial charge in [-0.2, -0.15) is 0 Å². The molecule has 66 valence electrons. The molecule has 0 radical (unpaired) electrons. The minimum atomic E-state index is -1.06. The summed E-state index contributed by atoms with van der Waals surface area (Å²) in [5.41, 5.74) is 4.90. The van der Waals surface area contributed by atoms with E-state index >= 15 is 0 Å².